The van der Waals surface area contributed by atoms with Crippen LogP contribution in [0.5, 0.6) is 0 Å². The van der Waals surface area contributed by atoms with Gasteiger partial charge in [0, 0.05) is 46.2 Å². The third-order valence-corrected chi connectivity index (χ3v) is 8.17. The van der Waals surface area contributed by atoms with Crippen molar-refractivity contribution in [3.63, 3.8) is 0 Å². The first kappa shape index (κ1) is 31.7. The van der Waals surface area contributed by atoms with E-state index in [1.165, 1.54) is 23.3 Å². The van der Waals surface area contributed by atoms with Crippen LogP contribution in [0.1, 0.15) is 43.2 Å². The molecule has 0 unspecified atom stereocenters. The number of benzene rings is 4. The summed E-state index contributed by atoms with van der Waals surface area (Å²) in [4.78, 5) is 29.9. The zero-order valence-electron chi connectivity index (χ0n) is 27.1. The number of carbonyl (C=O) groups excluding carboxylic acids is 2. The largest absolute Gasteiger partial charge is 0.289 e. The number of pyridine rings is 3. The first-order chi connectivity index (χ1) is 24.6. The van der Waals surface area contributed by atoms with Crippen LogP contribution in [0.4, 0.5) is 0 Å². The quantitative estimate of drug-likeness (QED) is 0.114. The normalized spacial score (nSPS) is 11.4. The average molecular weight is 656 g/mol. The van der Waals surface area contributed by atoms with Gasteiger partial charge in [-0.15, -0.1) is 0 Å². The van der Waals surface area contributed by atoms with Gasteiger partial charge >= 0.3 is 0 Å². The zero-order chi connectivity index (χ0) is 34.1. The number of nitrogens with one attached hydrogen (secondary N) is 2. The highest BCUT2D eigenvalue weighted by molar-refractivity contribution is 5.97. The highest BCUT2D eigenvalue weighted by Gasteiger charge is 2.13. The molecule has 0 saturated heterocycles. The fourth-order valence-electron chi connectivity index (χ4n) is 5.73. The summed E-state index contributed by atoms with van der Waals surface area (Å²) >= 11 is 0. The van der Waals surface area contributed by atoms with Gasteiger partial charge < -0.3 is 0 Å². The molecule has 3 heterocycles. The van der Waals surface area contributed by atoms with Crippen LogP contribution in [0.3, 0.4) is 0 Å². The van der Waals surface area contributed by atoms with Gasteiger partial charge in [-0.25, -0.2) is 15.8 Å². The van der Waals surface area contributed by atoms with Crippen molar-refractivity contribution in [1.82, 2.24) is 15.8 Å². The third kappa shape index (κ3) is 7.64. The smallest absolute Gasteiger partial charge is 0.266 e. The third-order valence-electron chi connectivity index (χ3n) is 8.17. The molecule has 0 saturated carbocycles. The molecule has 9 heteroatoms. The van der Waals surface area contributed by atoms with E-state index in [0.717, 1.165) is 46.0 Å². The summed E-state index contributed by atoms with van der Waals surface area (Å²) in [6, 6.07) is 45.3. The summed E-state index contributed by atoms with van der Waals surface area (Å²) in [5, 5.41) is 10.3. The zero-order valence-corrected chi connectivity index (χ0v) is 27.1. The minimum atomic E-state index is -0.540. The molecule has 50 heavy (non-hydrogen) atoms. The molecular weight excluding hydrogens is 622 g/mol. The van der Waals surface area contributed by atoms with Gasteiger partial charge in [0.1, 0.15) is 11.4 Å². The summed E-state index contributed by atoms with van der Waals surface area (Å²) in [6.07, 6.45) is 7.27. The van der Waals surface area contributed by atoms with Crippen LogP contribution in [0, 0.1) is 0 Å². The van der Waals surface area contributed by atoms with Crippen molar-refractivity contribution < 1.29 is 18.7 Å². The standard InChI is InChI=1S/C41H31N7O2/c49-40(45-42-26-32-18-20-38-34(24-32)14-8-22-47(38)28-30-10-3-1-4-11-30)36-16-7-17-37(44-36)41(50)46-43-27-33-19-21-39-35(25-33)15-9-23-48(39)29-31-12-5-2-6-13-31/h1-27H,28-29H2/p+2. The molecule has 2 amide bonds. The van der Waals surface area contributed by atoms with Crippen molar-refractivity contribution in [3.05, 3.63) is 186 Å². The number of nitrogens with zero attached hydrogens (tertiary/aromatic N) is 5. The predicted molar refractivity (Wildman–Crippen MR) is 194 cm³/mol. The van der Waals surface area contributed by atoms with E-state index in [2.05, 4.69) is 71.8 Å². The highest BCUT2D eigenvalue weighted by Crippen LogP contribution is 2.14. The summed E-state index contributed by atoms with van der Waals surface area (Å²) < 4.78 is 4.39. The highest BCUT2D eigenvalue weighted by atomic mass is 16.2. The number of hydrazone groups is 2. The Bertz CT molecular complexity index is 2210. The van der Waals surface area contributed by atoms with Crippen LogP contribution in [-0.2, 0) is 13.1 Å². The molecule has 0 spiro atoms. The van der Waals surface area contributed by atoms with Crippen LogP contribution in [0.25, 0.3) is 21.8 Å². The second-order valence-corrected chi connectivity index (χ2v) is 11.7. The second kappa shape index (κ2) is 14.9. The number of fused-ring (bicyclic) bond motifs is 2. The lowest BCUT2D eigenvalue weighted by Gasteiger charge is -2.04. The maximum Gasteiger partial charge on any atom is 0.289 e. The first-order valence-corrected chi connectivity index (χ1v) is 16.2. The van der Waals surface area contributed by atoms with E-state index in [1.807, 2.05) is 97.1 Å². The van der Waals surface area contributed by atoms with Crippen LogP contribution in [-0.4, -0.2) is 29.2 Å². The average Bonchev–Trinajstić information content (AvgIpc) is 3.16. The van der Waals surface area contributed by atoms with Gasteiger partial charge in [0.05, 0.1) is 12.4 Å². The van der Waals surface area contributed by atoms with Crippen LogP contribution in [0.2, 0.25) is 0 Å². The number of amides is 2. The monoisotopic (exact) mass is 655 g/mol. The molecule has 242 valence electrons. The maximum atomic E-state index is 12.8. The molecular formula is C41H33N7O2+2. The Kier molecular flexibility index (Phi) is 9.46. The van der Waals surface area contributed by atoms with E-state index < -0.39 is 11.8 Å². The Balaban J connectivity index is 0.958. The molecule has 0 aliphatic heterocycles. The van der Waals surface area contributed by atoms with Crippen molar-refractivity contribution in [1.29, 1.82) is 0 Å². The van der Waals surface area contributed by atoms with E-state index in [1.54, 1.807) is 18.5 Å². The van der Waals surface area contributed by atoms with E-state index in [4.69, 9.17) is 0 Å². The molecule has 7 rings (SSSR count). The first-order valence-electron chi connectivity index (χ1n) is 16.2. The summed E-state index contributed by atoms with van der Waals surface area (Å²) in [6.45, 7) is 1.52. The van der Waals surface area contributed by atoms with Crippen LogP contribution >= 0.6 is 0 Å². The van der Waals surface area contributed by atoms with Gasteiger partial charge in [-0.3, -0.25) is 9.59 Å². The Morgan fingerprint density at radius 1 is 0.540 bits per heavy atom. The number of hydrogen-bond acceptors (Lipinski definition) is 5. The molecule has 3 aromatic heterocycles. The van der Waals surface area contributed by atoms with E-state index >= 15 is 0 Å². The van der Waals surface area contributed by atoms with E-state index in [0.29, 0.717) is 0 Å². The molecule has 0 aliphatic carbocycles. The Hall–Kier alpha value is -6.87. The minimum Gasteiger partial charge on any atom is -0.266 e. The Labute approximate surface area is 288 Å². The van der Waals surface area contributed by atoms with Crippen molar-refractivity contribution >= 4 is 46.0 Å². The molecule has 0 aliphatic rings. The van der Waals surface area contributed by atoms with Crippen LogP contribution in [0.15, 0.2) is 162 Å². The molecule has 7 aromatic rings. The van der Waals surface area contributed by atoms with Gasteiger partial charge in [-0.05, 0) is 59.7 Å². The topological polar surface area (TPSA) is 104 Å². The molecule has 0 atom stereocenters. The van der Waals surface area contributed by atoms with Gasteiger partial charge in [-0.1, -0.05) is 66.7 Å². The number of hydrogen-bond donors (Lipinski definition) is 2. The predicted octanol–water partition coefficient (Wildman–Crippen LogP) is 5.59. The Morgan fingerprint density at radius 2 is 1.00 bits per heavy atom. The van der Waals surface area contributed by atoms with Crippen molar-refractivity contribution in [3.8, 4) is 0 Å². The number of aromatic nitrogens is 3. The molecule has 2 N–H and O–H groups in total. The molecule has 0 fully saturated rings. The van der Waals surface area contributed by atoms with Gasteiger partial charge in [0.2, 0.25) is 11.0 Å². The molecule has 9 nitrogen and oxygen atoms in total. The fourth-order valence-corrected chi connectivity index (χ4v) is 5.73. The summed E-state index contributed by atoms with van der Waals surface area (Å²) in [5.74, 6) is -1.08. The number of carbonyl (C=O) groups is 2. The lowest BCUT2D eigenvalue weighted by atomic mass is 10.1. The van der Waals surface area contributed by atoms with Crippen molar-refractivity contribution in [2.24, 2.45) is 10.2 Å². The van der Waals surface area contributed by atoms with E-state index in [-0.39, 0.29) is 11.4 Å². The van der Waals surface area contributed by atoms with Crippen molar-refractivity contribution in [2.75, 3.05) is 0 Å². The Morgan fingerprint density at radius 3 is 1.46 bits per heavy atom. The lowest BCUT2D eigenvalue weighted by molar-refractivity contribution is -0.662. The van der Waals surface area contributed by atoms with Crippen molar-refractivity contribution in [2.45, 2.75) is 13.1 Å². The van der Waals surface area contributed by atoms with Gasteiger partial charge in [-0.2, -0.15) is 19.3 Å². The SMILES string of the molecule is O=C(NN=Cc1ccc2c(ccc[n+]2Cc2ccccc2)c1)c1cccc(C(=O)NN=Cc2ccc3c(ccc[n+]3Cc3ccccc3)c2)n1. The number of rotatable bonds is 10. The summed E-state index contributed by atoms with van der Waals surface area (Å²) in [5.41, 5.74) is 11.4. The molecule has 0 radical (unpaired) electrons. The van der Waals surface area contributed by atoms with Crippen LogP contribution < -0.4 is 20.0 Å². The summed E-state index contributed by atoms with van der Waals surface area (Å²) in [7, 11) is 0. The van der Waals surface area contributed by atoms with Gasteiger partial charge in [0.25, 0.3) is 11.8 Å². The lowest BCUT2D eigenvalue weighted by Crippen LogP contribution is -2.34. The molecule has 4 aromatic carbocycles. The molecule has 0 bridgehead atoms. The van der Waals surface area contributed by atoms with Gasteiger partial charge in [0.15, 0.2) is 25.5 Å². The fraction of sp³-hybridized carbons (Fsp3) is 0.0488. The minimum absolute atomic E-state index is 0.0533. The maximum absolute atomic E-state index is 12.8. The van der Waals surface area contributed by atoms with E-state index in [9.17, 15) is 9.59 Å². The second-order valence-electron chi connectivity index (χ2n) is 11.7.